The highest BCUT2D eigenvalue weighted by molar-refractivity contribution is 5.83. The lowest BCUT2D eigenvalue weighted by Gasteiger charge is -2.12. The fourth-order valence-electron chi connectivity index (χ4n) is 1.75. The number of ether oxygens (including phenoxy) is 1. The first kappa shape index (κ1) is 11.4. The van der Waals surface area contributed by atoms with Crippen molar-refractivity contribution in [3.8, 4) is 0 Å². The summed E-state index contributed by atoms with van der Waals surface area (Å²) in [6.45, 7) is 5.24. The second-order valence-corrected chi connectivity index (χ2v) is 3.89. The molecule has 17 heavy (non-hydrogen) atoms. The van der Waals surface area contributed by atoms with Gasteiger partial charge in [0, 0.05) is 6.08 Å². The molecule has 2 rings (SSSR count). The number of carbonyl (C=O) groups is 1. The van der Waals surface area contributed by atoms with Crippen LogP contribution in [0.2, 0.25) is 0 Å². The van der Waals surface area contributed by atoms with Crippen LogP contribution in [-0.2, 0) is 9.53 Å². The SMILES string of the molecule is C=CC(=O)O[C@@H](C)c1ccc2ccccc2c1. The van der Waals surface area contributed by atoms with Gasteiger partial charge in [0.05, 0.1) is 0 Å². The van der Waals surface area contributed by atoms with Gasteiger partial charge in [-0.1, -0.05) is 43.0 Å². The van der Waals surface area contributed by atoms with Gasteiger partial charge < -0.3 is 4.74 Å². The number of benzene rings is 2. The Morgan fingerprint density at radius 3 is 2.65 bits per heavy atom. The monoisotopic (exact) mass is 226 g/mol. The van der Waals surface area contributed by atoms with E-state index in [1.54, 1.807) is 0 Å². The first-order valence-corrected chi connectivity index (χ1v) is 5.52. The van der Waals surface area contributed by atoms with Crippen LogP contribution >= 0.6 is 0 Å². The van der Waals surface area contributed by atoms with Gasteiger partial charge in [0.2, 0.25) is 0 Å². The van der Waals surface area contributed by atoms with Crippen LogP contribution in [0.15, 0.2) is 55.1 Å². The van der Waals surface area contributed by atoms with Crippen molar-refractivity contribution in [2.45, 2.75) is 13.0 Å². The number of esters is 1. The molecule has 0 amide bonds. The van der Waals surface area contributed by atoms with Crippen LogP contribution < -0.4 is 0 Å². The van der Waals surface area contributed by atoms with Crippen molar-refractivity contribution >= 4 is 16.7 Å². The Morgan fingerprint density at radius 1 is 1.24 bits per heavy atom. The van der Waals surface area contributed by atoms with E-state index in [4.69, 9.17) is 4.74 Å². The smallest absolute Gasteiger partial charge is 0.330 e. The molecule has 2 aromatic carbocycles. The van der Waals surface area contributed by atoms with E-state index < -0.39 is 5.97 Å². The number of hydrogen-bond acceptors (Lipinski definition) is 2. The van der Waals surface area contributed by atoms with Crippen molar-refractivity contribution in [2.75, 3.05) is 0 Å². The molecule has 0 aliphatic heterocycles. The van der Waals surface area contributed by atoms with E-state index in [1.807, 2.05) is 43.3 Å². The molecule has 2 heteroatoms. The number of fused-ring (bicyclic) bond motifs is 1. The second-order valence-electron chi connectivity index (χ2n) is 3.89. The van der Waals surface area contributed by atoms with Crippen molar-refractivity contribution < 1.29 is 9.53 Å². The average Bonchev–Trinajstić information content (AvgIpc) is 2.38. The van der Waals surface area contributed by atoms with E-state index in [0.717, 1.165) is 10.9 Å². The van der Waals surface area contributed by atoms with Gasteiger partial charge in [-0.3, -0.25) is 0 Å². The molecule has 0 N–H and O–H groups in total. The highest BCUT2D eigenvalue weighted by Crippen LogP contribution is 2.22. The average molecular weight is 226 g/mol. The van der Waals surface area contributed by atoms with Gasteiger partial charge in [0.25, 0.3) is 0 Å². The zero-order chi connectivity index (χ0) is 12.3. The summed E-state index contributed by atoms with van der Waals surface area (Å²) >= 11 is 0. The molecule has 0 bridgehead atoms. The molecule has 0 aromatic heterocycles. The number of carbonyl (C=O) groups excluding carboxylic acids is 1. The standard InChI is InChI=1S/C15H14O2/c1-3-15(16)17-11(2)13-9-8-12-6-4-5-7-14(12)10-13/h3-11H,1H2,2H3/t11-/m0/s1. The molecule has 0 saturated carbocycles. The first-order chi connectivity index (χ1) is 8.20. The van der Waals surface area contributed by atoms with Gasteiger partial charge in [0.1, 0.15) is 6.10 Å². The third-order valence-corrected chi connectivity index (χ3v) is 2.70. The van der Waals surface area contributed by atoms with Crippen molar-refractivity contribution in [1.82, 2.24) is 0 Å². The molecule has 1 atom stereocenters. The van der Waals surface area contributed by atoms with Crippen LogP contribution in [0.3, 0.4) is 0 Å². The van der Waals surface area contributed by atoms with Gasteiger partial charge in [-0.25, -0.2) is 4.79 Å². The van der Waals surface area contributed by atoms with Crippen molar-refractivity contribution in [1.29, 1.82) is 0 Å². The molecule has 0 radical (unpaired) electrons. The van der Waals surface area contributed by atoms with E-state index in [-0.39, 0.29) is 6.10 Å². The predicted molar refractivity (Wildman–Crippen MR) is 68.7 cm³/mol. The topological polar surface area (TPSA) is 26.3 Å². The Kier molecular flexibility index (Phi) is 3.24. The molecule has 2 aromatic rings. The van der Waals surface area contributed by atoms with Gasteiger partial charge in [0.15, 0.2) is 0 Å². The summed E-state index contributed by atoms with van der Waals surface area (Å²) in [4.78, 5) is 11.1. The minimum atomic E-state index is -0.398. The fraction of sp³-hybridized carbons (Fsp3) is 0.133. The zero-order valence-electron chi connectivity index (χ0n) is 9.72. The van der Waals surface area contributed by atoms with Crippen LogP contribution in [0.25, 0.3) is 10.8 Å². The van der Waals surface area contributed by atoms with E-state index in [1.165, 1.54) is 11.5 Å². The maximum absolute atomic E-state index is 11.1. The number of rotatable bonds is 3. The molecule has 2 nitrogen and oxygen atoms in total. The molecule has 0 aliphatic carbocycles. The first-order valence-electron chi connectivity index (χ1n) is 5.52. The van der Waals surface area contributed by atoms with Gasteiger partial charge in [-0.2, -0.15) is 0 Å². The van der Waals surface area contributed by atoms with Crippen molar-refractivity contribution in [3.05, 3.63) is 60.7 Å². The van der Waals surface area contributed by atoms with E-state index in [0.29, 0.717) is 0 Å². The fourth-order valence-corrected chi connectivity index (χ4v) is 1.75. The molecular formula is C15H14O2. The van der Waals surface area contributed by atoms with E-state index in [9.17, 15) is 4.79 Å². The lowest BCUT2D eigenvalue weighted by molar-refractivity contribution is -0.142. The van der Waals surface area contributed by atoms with Crippen LogP contribution in [0.5, 0.6) is 0 Å². The van der Waals surface area contributed by atoms with Crippen LogP contribution in [0, 0.1) is 0 Å². The molecule has 0 aliphatic rings. The van der Waals surface area contributed by atoms with E-state index in [2.05, 4.69) is 12.6 Å². The Hall–Kier alpha value is -2.09. The summed E-state index contributed by atoms with van der Waals surface area (Å²) in [5.41, 5.74) is 0.985. The Bertz CT molecular complexity index is 558. The number of hydrogen-bond donors (Lipinski definition) is 0. The summed E-state index contributed by atoms with van der Waals surface area (Å²) in [5, 5.41) is 2.32. The minimum absolute atomic E-state index is 0.259. The third-order valence-electron chi connectivity index (χ3n) is 2.70. The summed E-state index contributed by atoms with van der Waals surface area (Å²) in [7, 11) is 0. The Morgan fingerprint density at radius 2 is 1.94 bits per heavy atom. The largest absolute Gasteiger partial charge is 0.455 e. The van der Waals surface area contributed by atoms with Crippen molar-refractivity contribution in [3.63, 3.8) is 0 Å². The minimum Gasteiger partial charge on any atom is -0.455 e. The lowest BCUT2D eigenvalue weighted by atomic mass is 10.0. The van der Waals surface area contributed by atoms with Gasteiger partial charge in [-0.05, 0) is 29.3 Å². The lowest BCUT2D eigenvalue weighted by Crippen LogP contribution is -2.05. The maximum Gasteiger partial charge on any atom is 0.330 e. The molecular weight excluding hydrogens is 212 g/mol. The third kappa shape index (κ3) is 2.53. The van der Waals surface area contributed by atoms with Crippen LogP contribution in [-0.4, -0.2) is 5.97 Å². The highest BCUT2D eigenvalue weighted by Gasteiger charge is 2.09. The summed E-state index contributed by atoms with van der Waals surface area (Å²) in [6.07, 6.45) is 0.919. The molecule has 0 spiro atoms. The quantitative estimate of drug-likeness (QED) is 0.590. The molecule has 0 heterocycles. The summed E-state index contributed by atoms with van der Waals surface area (Å²) < 4.78 is 5.18. The summed E-state index contributed by atoms with van der Waals surface area (Å²) in [5.74, 6) is -0.398. The van der Waals surface area contributed by atoms with E-state index >= 15 is 0 Å². The second kappa shape index (κ2) is 4.83. The normalized spacial score (nSPS) is 12.1. The summed E-state index contributed by atoms with van der Waals surface area (Å²) in [6, 6.07) is 14.1. The van der Waals surface area contributed by atoms with Gasteiger partial charge >= 0.3 is 5.97 Å². The Labute approximate surface area is 101 Å². The van der Waals surface area contributed by atoms with Crippen LogP contribution in [0.4, 0.5) is 0 Å². The van der Waals surface area contributed by atoms with Crippen molar-refractivity contribution in [2.24, 2.45) is 0 Å². The molecule has 0 fully saturated rings. The van der Waals surface area contributed by atoms with Crippen LogP contribution in [0.1, 0.15) is 18.6 Å². The molecule has 0 unspecified atom stereocenters. The Balaban J connectivity index is 2.29. The molecule has 86 valence electrons. The highest BCUT2D eigenvalue weighted by atomic mass is 16.5. The van der Waals surface area contributed by atoms with Gasteiger partial charge in [-0.15, -0.1) is 0 Å². The predicted octanol–water partition coefficient (Wildman–Crippen LogP) is 3.63. The zero-order valence-corrected chi connectivity index (χ0v) is 9.72. The molecule has 0 saturated heterocycles. The maximum atomic E-state index is 11.1.